The Hall–Kier alpha value is -2.27. The Bertz CT molecular complexity index is 756. The molecule has 0 radical (unpaired) electrons. The minimum absolute atomic E-state index is 0.0751. The summed E-state index contributed by atoms with van der Waals surface area (Å²) in [6.45, 7) is 0. The topological polar surface area (TPSA) is 24.8 Å². The number of nitrogens with zero attached hydrogens (tertiary/aromatic N) is 2. The average molecular weight is 370 g/mol. The lowest BCUT2D eigenvalue weighted by molar-refractivity contribution is 0.0609. The predicted molar refractivity (Wildman–Crippen MR) is 101 cm³/mol. The molecule has 2 bridgehead atoms. The van der Waals surface area contributed by atoms with Gasteiger partial charge in [0.2, 0.25) is 0 Å². The molecule has 0 N–H and O–H groups in total. The van der Waals surface area contributed by atoms with Crippen molar-refractivity contribution in [2.24, 2.45) is 17.0 Å². The molecule has 3 nitrogen and oxygen atoms in total. The molecule has 0 aromatic heterocycles. The van der Waals surface area contributed by atoms with Gasteiger partial charge < -0.3 is 4.84 Å². The zero-order chi connectivity index (χ0) is 19.0. The van der Waals surface area contributed by atoms with Crippen molar-refractivity contribution in [2.75, 3.05) is 14.2 Å². The van der Waals surface area contributed by atoms with Crippen LogP contribution < -0.4 is 0 Å². The summed E-state index contributed by atoms with van der Waals surface area (Å²) in [5, 5.41) is 4.43. The number of oxime groups is 1. The van der Waals surface area contributed by atoms with E-state index in [1.165, 1.54) is 24.3 Å². The molecule has 142 valence electrons. The van der Waals surface area contributed by atoms with Crippen LogP contribution in [0.15, 0.2) is 53.7 Å². The third-order valence-electron chi connectivity index (χ3n) is 6.05. The maximum absolute atomic E-state index is 13.5. The summed E-state index contributed by atoms with van der Waals surface area (Å²) in [6, 6.07) is 13.6. The van der Waals surface area contributed by atoms with Crippen molar-refractivity contribution in [3.05, 3.63) is 71.3 Å². The van der Waals surface area contributed by atoms with E-state index in [4.69, 9.17) is 4.84 Å². The van der Waals surface area contributed by atoms with Crippen molar-refractivity contribution in [1.29, 1.82) is 0 Å². The third-order valence-corrected chi connectivity index (χ3v) is 6.05. The van der Waals surface area contributed by atoms with Gasteiger partial charge in [0, 0.05) is 23.9 Å². The van der Waals surface area contributed by atoms with E-state index in [1.54, 1.807) is 7.11 Å². The van der Waals surface area contributed by atoms with Gasteiger partial charge in [-0.05, 0) is 55.3 Å². The Balaban J connectivity index is 1.82. The Morgan fingerprint density at radius 1 is 0.852 bits per heavy atom. The SMILES string of the molecule is CON=C1[C@H]2CCC[C@@H]1[C@H](c1ccc(F)cc1)N(C)[C@@H]2c1ccc(F)cc1. The quantitative estimate of drug-likeness (QED) is 0.701. The third kappa shape index (κ3) is 3.25. The lowest BCUT2D eigenvalue weighted by atomic mass is 9.66. The fourth-order valence-corrected chi connectivity index (χ4v) is 5.00. The molecule has 0 spiro atoms. The molecule has 1 saturated carbocycles. The minimum atomic E-state index is -0.236. The van der Waals surface area contributed by atoms with E-state index in [2.05, 4.69) is 17.1 Å². The van der Waals surface area contributed by atoms with Gasteiger partial charge in [0.15, 0.2) is 0 Å². The number of halogens is 2. The largest absolute Gasteiger partial charge is 0.399 e. The summed E-state index contributed by atoms with van der Waals surface area (Å²) in [4.78, 5) is 7.56. The summed E-state index contributed by atoms with van der Waals surface area (Å²) in [7, 11) is 3.69. The molecule has 1 aliphatic heterocycles. The van der Waals surface area contributed by atoms with Crippen LogP contribution >= 0.6 is 0 Å². The molecule has 1 saturated heterocycles. The van der Waals surface area contributed by atoms with E-state index in [-0.39, 0.29) is 35.6 Å². The smallest absolute Gasteiger partial charge is 0.123 e. The zero-order valence-electron chi connectivity index (χ0n) is 15.6. The molecule has 2 aromatic rings. The highest BCUT2D eigenvalue weighted by molar-refractivity contribution is 5.91. The monoisotopic (exact) mass is 370 g/mol. The molecular formula is C22H24F2N2O. The molecule has 1 heterocycles. The lowest BCUT2D eigenvalue weighted by Gasteiger charge is -2.52. The van der Waals surface area contributed by atoms with Crippen LogP contribution in [0.1, 0.15) is 42.5 Å². The second kappa shape index (κ2) is 7.39. The van der Waals surface area contributed by atoms with Gasteiger partial charge in [0.05, 0.1) is 5.71 Å². The standard InChI is InChI=1S/C22H24F2N2O/c1-26-21(14-6-10-16(23)11-7-14)18-4-3-5-19(20(18)25-27-2)22(26)15-8-12-17(24)13-9-15/h6-13,18-19,21-22H,3-5H2,1-2H3/t18-,19+,21-,22+. The summed E-state index contributed by atoms with van der Waals surface area (Å²) >= 11 is 0. The van der Waals surface area contributed by atoms with Crippen LogP contribution in [0.4, 0.5) is 8.78 Å². The van der Waals surface area contributed by atoms with Gasteiger partial charge in [0.1, 0.15) is 18.7 Å². The molecule has 2 fully saturated rings. The fourth-order valence-electron chi connectivity index (χ4n) is 5.00. The molecule has 2 aliphatic rings. The first-order chi connectivity index (χ1) is 13.1. The van der Waals surface area contributed by atoms with E-state index in [1.807, 2.05) is 24.3 Å². The number of benzene rings is 2. The predicted octanol–water partition coefficient (Wildman–Crippen LogP) is 5.11. The highest BCUT2D eigenvalue weighted by Crippen LogP contribution is 2.51. The van der Waals surface area contributed by atoms with Gasteiger partial charge in [-0.1, -0.05) is 35.8 Å². The molecule has 4 atom stereocenters. The van der Waals surface area contributed by atoms with Crippen molar-refractivity contribution in [2.45, 2.75) is 31.3 Å². The minimum Gasteiger partial charge on any atom is -0.399 e. The Labute approximate surface area is 158 Å². The summed E-state index contributed by atoms with van der Waals surface area (Å²) in [5.74, 6) is -0.00841. The summed E-state index contributed by atoms with van der Waals surface area (Å²) in [6.07, 6.45) is 3.17. The molecule has 2 aromatic carbocycles. The van der Waals surface area contributed by atoms with Crippen molar-refractivity contribution < 1.29 is 13.6 Å². The van der Waals surface area contributed by atoms with E-state index in [9.17, 15) is 8.78 Å². The molecule has 27 heavy (non-hydrogen) atoms. The first kappa shape index (κ1) is 18.1. The Kier molecular flexibility index (Phi) is 4.96. The van der Waals surface area contributed by atoms with Gasteiger partial charge in [-0.3, -0.25) is 4.90 Å². The van der Waals surface area contributed by atoms with Crippen molar-refractivity contribution >= 4 is 5.71 Å². The highest BCUT2D eigenvalue weighted by atomic mass is 19.1. The number of rotatable bonds is 3. The van der Waals surface area contributed by atoms with E-state index < -0.39 is 0 Å². The normalized spacial score (nSPS) is 29.7. The van der Waals surface area contributed by atoms with Crippen LogP contribution in [-0.4, -0.2) is 24.8 Å². The van der Waals surface area contributed by atoms with Crippen LogP contribution in [0.5, 0.6) is 0 Å². The van der Waals surface area contributed by atoms with Crippen LogP contribution in [0.3, 0.4) is 0 Å². The molecule has 0 unspecified atom stereocenters. The van der Waals surface area contributed by atoms with Crippen molar-refractivity contribution in [3.8, 4) is 0 Å². The second-order valence-corrected chi connectivity index (χ2v) is 7.50. The number of likely N-dealkylation sites (tertiary alicyclic amines) is 1. The number of hydrogen-bond donors (Lipinski definition) is 0. The Morgan fingerprint density at radius 2 is 1.30 bits per heavy atom. The van der Waals surface area contributed by atoms with Gasteiger partial charge >= 0.3 is 0 Å². The Morgan fingerprint density at radius 3 is 1.70 bits per heavy atom. The first-order valence-corrected chi connectivity index (χ1v) is 9.44. The summed E-state index contributed by atoms with van der Waals surface area (Å²) < 4.78 is 27.0. The molecule has 5 heteroatoms. The maximum atomic E-state index is 13.5. The van der Waals surface area contributed by atoms with Gasteiger partial charge in [-0.25, -0.2) is 8.78 Å². The number of piperidine rings is 1. The van der Waals surface area contributed by atoms with E-state index >= 15 is 0 Å². The maximum Gasteiger partial charge on any atom is 0.123 e. The van der Waals surface area contributed by atoms with E-state index in [0.717, 1.165) is 36.1 Å². The lowest BCUT2D eigenvalue weighted by Crippen LogP contribution is -2.51. The number of fused-ring (bicyclic) bond motifs is 2. The zero-order valence-corrected chi connectivity index (χ0v) is 15.6. The molecule has 1 aliphatic carbocycles. The highest BCUT2D eigenvalue weighted by Gasteiger charge is 2.48. The number of hydrogen-bond acceptors (Lipinski definition) is 3. The van der Waals surface area contributed by atoms with Gasteiger partial charge in [-0.15, -0.1) is 0 Å². The molecule has 0 amide bonds. The fraction of sp³-hybridized carbons (Fsp3) is 0.409. The second-order valence-electron chi connectivity index (χ2n) is 7.50. The van der Waals surface area contributed by atoms with Crippen LogP contribution in [0.2, 0.25) is 0 Å². The first-order valence-electron chi connectivity index (χ1n) is 9.44. The van der Waals surface area contributed by atoms with Crippen molar-refractivity contribution in [1.82, 2.24) is 4.90 Å². The van der Waals surface area contributed by atoms with Crippen LogP contribution in [0, 0.1) is 23.5 Å². The molecule has 4 rings (SSSR count). The van der Waals surface area contributed by atoms with Gasteiger partial charge in [-0.2, -0.15) is 0 Å². The summed E-state index contributed by atoms with van der Waals surface area (Å²) in [5.41, 5.74) is 3.21. The van der Waals surface area contributed by atoms with Crippen LogP contribution in [0.25, 0.3) is 0 Å². The molecular weight excluding hydrogens is 346 g/mol. The van der Waals surface area contributed by atoms with Crippen LogP contribution in [-0.2, 0) is 4.84 Å². The van der Waals surface area contributed by atoms with Crippen molar-refractivity contribution in [3.63, 3.8) is 0 Å². The average Bonchev–Trinajstić information content (AvgIpc) is 2.66. The van der Waals surface area contributed by atoms with Gasteiger partial charge in [0.25, 0.3) is 0 Å². The van der Waals surface area contributed by atoms with E-state index in [0.29, 0.717) is 0 Å².